The molecule has 0 unspecified atom stereocenters. The maximum absolute atomic E-state index is 13.9. The van der Waals surface area contributed by atoms with Crippen LogP contribution in [-0.2, 0) is 19.4 Å². The van der Waals surface area contributed by atoms with Crippen molar-refractivity contribution in [2.24, 2.45) is 0 Å². The van der Waals surface area contributed by atoms with Crippen molar-refractivity contribution in [3.63, 3.8) is 0 Å². The van der Waals surface area contributed by atoms with Crippen LogP contribution in [0.4, 0.5) is 4.39 Å². The summed E-state index contributed by atoms with van der Waals surface area (Å²) in [5.74, 6) is 1.02. The maximum atomic E-state index is 13.9. The molecule has 0 spiro atoms. The van der Waals surface area contributed by atoms with Crippen molar-refractivity contribution < 1.29 is 4.39 Å². The van der Waals surface area contributed by atoms with Gasteiger partial charge in [-0.1, -0.05) is 6.07 Å². The molecule has 0 aliphatic carbocycles. The number of fused-ring (bicyclic) bond motifs is 1. The summed E-state index contributed by atoms with van der Waals surface area (Å²) in [6.07, 6.45) is 1.44. The number of para-hydroxylation sites is 1. The molecule has 0 bridgehead atoms. The Morgan fingerprint density at radius 1 is 1.29 bits per heavy atom. The van der Waals surface area contributed by atoms with E-state index in [-0.39, 0.29) is 5.82 Å². The summed E-state index contributed by atoms with van der Waals surface area (Å²) in [6.45, 7) is 2.73. The molecule has 110 valence electrons. The molecule has 3 rings (SSSR count). The van der Waals surface area contributed by atoms with Crippen molar-refractivity contribution in [2.75, 3.05) is 5.88 Å². The van der Waals surface area contributed by atoms with Crippen molar-refractivity contribution >= 4 is 34.0 Å². The lowest BCUT2D eigenvalue weighted by Crippen LogP contribution is -2.07. The summed E-state index contributed by atoms with van der Waals surface area (Å²) in [5.41, 5.74) is 2.31. The van der Waals surface area contributed by atoms with Crippen LogP contribution in [-0.4, -0.2) is 20.4 Å². The lowest BCUT2D eigenvalue weighted by molar-refractivity contribution is 0.637. The number of aromatic nitrogens is 3. The Balaban J connectivity index is 1.95. The normalized spacial score (nSPS) is 11.4. The summed E-state index contributed by atoms with van der Waals surface area (Å²) in [4.78, 5) is 8.87. The fourth-order valence-corrected chi connectivity index (χ4v) is 3.25. The predicted octanol–water partition coefficient (Wildman–Crippen LogP) is 3.96. The average molecular weight is 324 g/mol. The number of halogens is 2. The molecule has 0 radical (unpaired) electrons. The molecule has 0 saturated heterocycles. The number of benzene rings is 1. The Morgan fingerprint density at radius 3 is 2.86 bits per heavy atom. The van der Waals surface area contributed by atoms with Crippen LogP contribution < -0.4 is 0 Å². The molecular weight excluding hydrogens is 309 g/mol. The lowest BCUT2D eigenvalue weighted by atomic mass is 10.3. The molecule has 0 N–H and O–H groups in total. The minimum absolute atomic E-state index is 0.286. The fraction of sp³-hybridized carbons (Fsp3) is 0.333. The molecule has 0 saturated carbocycles. The first-order chi connectivity index (χ1) is 10.2. The first-order valence-electron chi connectivity index (χ1n) is 6.79. The van der Waals surface area contributed by atoms with Crippen LogP contribution in [0.3, 0.4) is 0 Å². The second kappa shape index (κ2) is 6.12. The predicted molar refractivity (Wildman–Crippen MR) is 84.7 cm³/mol. The van der Waals surface area contributed by atoms with E-state index in [1.165, 1.54) is 6.07 Å². The molecule has 3 nitrogen and oxygen atoms in total. The van der Waals surface area contributed by atoms with Gasteiger partial charge in [-0.15, -0.1) is 22.9 Å². The minimum Gasteiger partial charge on any atom is -0.327 e. The van der Waals surface area contributed by atoms with Crippen LogP contribution >= 0.6 is 22.9 Å². The zero-order valence-corrected chi connectivity index (χ0v) is 13.2. The molecule has 3 aromatic rings. The van der Waals surface area contributed by atoms with Gasteiger partial charge in [0.1, 0.15) is 11.3 Å². The van der Waals surface area contributed by atoms with Gasteiger partial charge in [-0.25, -0.2) is 14.4 Å². The summed E-state index contributed by atoms with van der Waals surface area (Å²) < 4.78 is 15.9. The lowest BCUT2D eigenvalue weighted by Gasteiger charge is -2.07. The highest BCUT2D eigenvalue weighted by atomic mass is 35.5. The van der Waals surface area contributed by atoms with Crippen LogP contribution in [0.1, 0.15) is 16.5 Å². The van der Waals surface area contributed by atoms with Crippen molar-refractivity contribution in [2.45, 2.75) is 26.3 Å². The SMILES string of the molecule is Cc1nc(CCn2c(CCCl)nc3c(F)cccc32)cs1. The zero-order valence-electron chi connectivity index (χ0n) is 11.6. The van der Waals surface area contributed by atoms with Gasteiger partial charge in [0.05, 0.1) is 16.2 Å². The van der Waals surface area contributed by atoms with Crippen molar-refractivity contribution in [3.05, 3.63) is 45.9 Å². The van der Waals surface area contributed by atoms with E-state index in [0.29, 0.717) is 17.8 Å². The second-order valence-corrected chi connectivity index (χ2v) is 6.27. The quantitative estimate of drug-likeness (QED) is 0.665. The molecule has 0 amide bonds. The van der Waals surface area contributed by atoms with E-state index < -0.39 is 0 Å². The Kier molecular flexibility index (Phi) is 4.22. The fourth-order valence-electron chi connectivity index (χ4n) is 2.44. The highest BCUT2D eigenvalue weighted by molar-refractivity contribution is 7.09. The first-order valence-corrected chi connectivity index (χ1v) is 8.21. The highest BCUT2D eigenvalue weighted by Crippen LogP contribution is 2.21. The molecule has 2 aromatic heterocycles. The topological polar surface area (TPSA) is 30.7 Å². The monoisotopic (exact) mass is 323 g/mol. The molecule has 1 aromatic carbocycles. The van der Waals surface area contributed by atoms with Crippen LogP contribution in [0, 0.1) is 12.7 Å². The van der Waals surface area contributed by atoms with Gasteiger partial charge in [0.15, 0.2) is 5.82 Å². The van der Waals surface area contributed by atoms with Gasteiger partial charge < -0.3 is 4.57 Å². The summed E-state index contributed by atoms with van der Waals surface area (Å²) in [6, 6.07) is 5.05. The van der Waals surface area contributed by atoms with Gasteiger partial charge in [0.2, 0.25) is 0 Å². The number of nitrogens with zero attached hydrogens (tertiary/aromatic N) is 3. The highest BCUT2D eigenvalue weighted by Gasteiger charge is 2.13. The second-order valence-electron chi connectivity index (χ2n) is 4.83. The Bertz CT molecular complexity index is 765. The summed E-state index contributed by atoms with van der Waals surface area (Å²) in [7, 11) is 0. The van der Waals surface area contributed by atoms with E-state index in [0.717, 1.165) is 35.0 Å². The van der Waals surface area contributed by atoms with Gasteiger partial charge in [-0.2, -0.15) is 0 Å². The van der Waals surface area contributed by atoms with Gasteiger partial charge in [-0.05, 0) is 19.1 Å². The van der Waals surface area contributed by atoms with Crippen molar-refractivity contribution in [1.29, 1.82) is 0 Å². The van der Waals surface area contributed by atoms with Gasteiger partial charge in [-0.3, -0.25) is 0 Å². The molecule has 0 fully saturated rings. The van der Waals surface area contributed by atoms with E-state index in [1.807, 2.05) is 13.0 Å². The van der Waals surface area contributed by atoms with E-state index in [2.05, 4.69) is 19.9 Å². The smallest absolute Gasteiger partial charge is 0.151 e. The first kappa shape index (κ1) is 14.5. The third-order valence-corrected chi connectivity index (χ3v) is 4.40. The standard InChI is InChI=1S/C15H15ClFN3S/c1-10-18-11(9-21-10)6-8-20-13-4-2-3-12(17)15(13)19-14(20)5-7-16/h2-4,9H,5-8H2,1H3. The Morgan fingerprint density at radius 2 is 2.14 bits per heavy atom. The van der Waals surface area contributed by atoms with Crippen LogP contribution in [0.15, 0.2) is 23.6 Å². The molecule has 6 heteroatoms. The Labute approximate surface area is 131 Å². The molecule has 0 aliphatic heterocycles. The largest absolute Gasteiger partial charge is 0.327 e. The van der Waals surface area contributed by atoms with Gasteiger partial charge >= 0.3 is 0 Å². The van der Waals surface area contributed by atoms with Crippen LogP contribution in [0.5, 0.6) is 0 Å². The van der Waals surface area contributed by atoms with E-state index in [1.54, 1.807) is 17.4 Å². The summed E-state index contributed by atoms with van der Waals surface area (Å²) >= 11 is 7.48. The Hall–Kier alpha value is -1.46. The molecular formula is C15H15ClFN3S. The van der Waals surface area contributed by atoms with Gasteiger partial charge in [0, 0.05) is 30.6 Å². The molecule has 0 atom stereocenters. The maximum Gasteiger partial charge on any atom is 0.151 e. The van der Waals surface area contributed by atoms with Crippen molar-refractivity contribution in [1.82, 2.24) is 14.5 Å². The van der Waals surface area contributed by atoms with Crippen LogP contribution in [0.25, 0.3) is 11.0 Å². The number of rotatable bonds is 5. The van der Waals surface area contributed by atoms with Crippen molar-refractivity contribution in [3.8, 4) is 0 Å². The summed E-state index contributed by atoms with van der Waals surface area (Å²) in [5, 5.41) is 3.13. The molecule has 21 heavy (non-hydrogen) atoms. The van der Waals surface area contributed by atoms with E-state index in [9.17, 15) is 4.39 Å². The number of alkyl halides is 1. The number of hydrogen-bond donors (Lipinski definition) is 0. The number of thiazole rings is 1. The zero-order chi connectivity index (χ0) is 14.8. The minimum atomic E-state index is -0.286. The van der Waals surface area contributed by atoms with E-state index >= 15 is 0 Å². The third kappa shape index (κ3) is 2.94. The van der Waals surface area contributed by atoms with E-state index in [4.69, 9.17) is 11.6 Å². The molecule has 0 aliphatic rings. The van der Waals surface area contributed by atoms with Gasteiger partial charge in [0.25, 0.3) is 0 Å². The average Bonchev–Trinajstić information content (AvgIpc) is 3.02. The number of hydrogen-bond acceptors (Lipinski definition) is 3. The molecule has 2 heterocycles. The number of imidazole rings is 1. The third-order valence-electron chi connectivity index (χ3n) is 3.38. The number of aryl methyl sites for hydroxylation is 4. The van der Waals surface area contributed by atoms with Crippen LogP contribution in [0.2, 0.25) is 0 Å².